The predicted octanol–water partition coefficient (Wildman–Crippen LogP) is 7.32. The van der Waals surface area contributed by atoms with Crippen LogP contribution in [0.4, 0.5) is 0 Å². The van der Waals surface area contributed by atoms with Crippen molar-refractivity contribution in [3.8, 4) is 0 Å². The van der Waals surface area contributed by atoms with E-state index in [2.05, 4.69) is 6.92 Å². The lowest BCUT2D eigenvalue weighted by atomic mass is 9.97. The minimum Gasteiger partial charge on any atom is -0.452 e. The molecule has 0 bridgehead atoms. The standard InChI is InChI=1S/C39H48O9/c1-2-3-4-5-6-7-8-9-10-20-27-44-39-35(48-38(43)31-25-18-13-19-26-31)34(47-37(42)30-23-16-12-17-24-30)33(32(28-40)45-39)46-36(41)29-21-14-11-15-22-29/h11-19,21-26,32-35,39-40H,2-10,20,27-28H2,1H3/t32-,33-,34+,35-,39+/m1/s1. The van der Waals surface area contributed by atoms with Crippen LogP contribution in [0.15, 0.2) is 91.0 Å². The minimum absolute atomic E-state index is 0.244. The van der Waals surface area contributed by atoms with E-state index in [0.29, 0.717) is 0 Å². The molecule has 0 amide bonds. The van der Waals surface area contributed by atoms with Crippen molar-refractivity contribution in [2.75, 3.05) is 13.2 Å². The molecule has 258 valence electrons. The Balaban J connectivity index is 1.53. The fraction of sp³-hybridized carbons (Fsp3) is 0.462. The van der Waals surface area contributed by atoms with E-state index >= 15 is 0 Å². The van der Waals surface area contributed by atoms with Crippen molar-refractivity contribution < 1.29 is 43.2 Å². The first-order valence-corrected chi connectivity index (χ1v) is 17.2. The molecular weight excluding hydrogens is 612 g/mol. The van der Waals surface area contributed by atoms with Gasteiger partial charge in [-0.2, -0.15) is 0 Å². The quantitative estimate of drug-likeness (QED) is 0.0802. The van der Waals surface area contributed by atoms with Crippen LogP contribution in [-0.2, 0) is 23.7 Å². The number of aliphatic hydroxyl groups excluding tert-OH is 1. The summed E-state index contributed by atoms with van der Waals surface area (Å²) < 4.78 is 30.1. The third-order valence-corrected chi connectivity index (χ3v) is 8.31. The highest BCUT2D eigenvalue weighted by Gasteiger charge is 2.53. The first-order valence-electron chi connectivity index (χ1n) is 17.2. The maximum absolute atomic E-state index is 13.4. The average molecular weight is 661 g/mol. The molecule has 1 aliphatic heterocycles. The minimum atomic E-state index is -1.37. The summed E-state index contributed by atoms with van der Waals surface area (Å²) in [6.45, 7) is 1.92. The van der Waals surface area contributed by atoms with Crippen molar-refractivity contribution in [1.29, 1.82) is 0 Å². The van der Waals surface area contributed by atoms with Crippen LogP contribution >= 0.6 is 0 Å². The zero-order valence-corrected chi connectivity index (χ0v) is 27.7. The number of carbonyl (C=O) groups is 3. The largest absolute Gasteiger partial charge is 0.452 e. The van der Waals surface area contributed by atoms with Crippen LogP contribution in [0.2, 0.25) is 0 Å². The number of unbranched alkanes of at least 4 members (excludes halogenated alkanes) is 9. The Hall–Kier alpha value is -4.05. The van der Waals surface area contributed by atoms with E-state index in [1.54, 1.807) is 91.0 Å². The van der Waals surface area contributed by atoms with Crippen molar-refractivity contribution in [2.45, 2.75) is 102 Å². The highest BCUT2D eigenvalue weighted by atomic mass is 16.7. The maximum atomic E-state index is 13.4. The van der Waals surface area contributed by atoms with Gasteiger partial charge in [0.25, 0.3) is 0 Å². The molecule has 4 rings (SSSR count). The topological polar surface area (TPSA) is 118 Å². The molecule has 0 saturated carbocycles. The molecular formula is C39H48O9. The van der Waals surface area contributed by atoms with Crippen molar-refractivity contribution in [2.24, 2.45) is 0 Å². The van der Waals surface area contributed by atoms with Gasteiger partial charge >= 0.3 is 17.9 Å². The molecule has 9 nitrogen and oxygen atoms in total. The third-order valence-electron chi connectivity index (χ3n) is 8.31. The monoisotopic (exact) mass is 660 g/mol. The van der Waals surface area contributed by atoms with Crippen molar-refractivity contribution in [3.05, 3.63) is 108 Å². The smallest absolute Gasteiger partial charge is 0.338 e. The van der Waals surface area contributed by atoms with Gasteiger partial charge in [-0.25, -0.2) is 14.4 Å². The van der Waals surface area contributed by atoms with Crippen molar-refractivity contribution >= 4 is 17.9 Å². The van der Waals surface area contributed by atoms with Gasteiger partial charge < -0.3 is 28.8 Å². The maximum Gasteiger partial charge on any atom is 0.338 e. The van der Waals surface area contributed by atoms with E-state index in [1.165, 1.54) is 38.5 Å². The zero-order chi connectivity index (χ0) is 34.0. The molecule has 0 unspecified atom stereocenters. The van der Waals surface area contributed by atoms with Crippen LogP contribution in [0.3, 0.4) is 0 Å². The second-order valence-electron chi connectivity index (χ2n) is 12.0. The lowest BCUT2D eigenvalue weighted by Gasteiger charge is -2.44. The van der Waals surface area contributed by atoms with Gasteiger partial charge in [0, 0.05) is 6.61 Å². The predicted molar refractivity (Wildman–Crippen MR) is 180 cm³/mol. The fourth-order valence-electron chi connectivity index (χ4n) is 5.65. The number of aliphatic hydroxyl groups is 1. The highest BCUT2D eigenvalue weighted by molar-refractivity contribution is 5.91. The van der Waals surface area contributed by atoms with Gasteiger partial charge in [-0.05, 0) is 42.8 Å². The van der Waals surface area contributed by atoms with Gasteiger partial charge in [0.2, 0.25) is 0 Å². The number of hydrogen-bond acceptors (Lipinski definition) is 9. The Kier molecular flexibility index (Phi) is 15.6. The molecule has 0 aromatic heterocycles. The SMILES string of the molecule is CCCCCCCCCCCCO[C@H]1O[C@H](CO)[C@@H](OC(=O)c2ccccc2)[C@H](OC(=O)c2ccccc2)[C@H]1OC(=O)c1ccccc1. The van der Waals surface area contributed by atoms with Crippen LogP contribution < -0.4 is 0 Å². The Morgan fingerprint density at radius 3 is 1.40 bits per heavy atom. The zero-order valence-electron chi connectivity index (χ0n) is 27.7. The van der Waals surface area contributed by atoms with Gasteiger partial charge in [0.05, 0.1) is 23.3 Å². The molecule has 9 heteroatoms. The average Bonchev–Trinajstić information content (AvgIpc) is 3.13. The van der Waals surface area contributed by atoms with E-state index in [4.69, 9.17) is 23.7 Å². The molecule has 1 heterocycles. The van der Waals surface area contributed by atoms with Crippen LogP contribution in [0, 0.1) is 0 Å². The fourth-order valence-corrected chi connectivity index (χ4v) is 5.65. The molecule has 0 radical (unpaired) electrons. The molecule has 0 spiro atoms. The normalized spacial score (nSPS) is 20.5. The number of carbonyl (C=O) groups excluding carboxylic acids is 3. The summed E-state index contributed by atoms with van der Waals surface area (Å²) in [7, 11) is 0. The molecule has 48 heavy (non-hydrogen) atoms. The number of hydrogen-bond donors (Lipinski definition) is 1. The van der Waals surface area contributed by atoms with E-state index in [1.807, 2.05) is 0 Å². The summed E-state index contributed by atoms with van der Waals surface area (Å²) in [6, 6.07) is 25.0. The summed E-state index contributed by atoms with van der Waals surface area (Å²) in [5.74, 6) is -2.15. The molecule has 3 aromatic rings. The molecule has 0 aliphatic carbocycles. The van der Waals surface area contributed by atoms with Gasteiger partial charge in [0.15, 0.2) is 24.6 Å². The highest BCUT2D eigenvalue weighted by Crippen LogP contribution is 2.31. The molecule has 1 saturated heterocycles. The second-order valence-corrected chi connectivity index (χ2v) is 12.0. The molecule has 5 atom stereocenters. The number of benzene rings is 3. The summed E-state index contributed by atoms with van der Waals surface area (Å²) in [5.41, 5.74) is 0.759. The van der Waals surface area contributed by atoms with Crippen LogP contribution in [0.1, 0.15) is 102 Å². The third kappa shape index (κ3) is 11.3. The Bertz CT molecular complexity index is 1370. The molecule has 3 aromatic carbocycles. The second kappa shape index (κ2) is 20.3. The van der Waals surface area contributed by atoms with E-state index in [9.17, 15) is 19.5 Å². The Morgan fingerprint density at radius 1 is 0.562 bits per heavy atom. The first kappa shape index (κ1) is 36.8. The van der Waals surface area contributed by atoms with Crippen LogP contribution in [-0.4, -0.2) is 66.9 Å². The van der Waals surface area contributed by atoms with E-state index in [-0.39, 0.29) is 23.3 Å². The van der Waals surface area contributed by atoms with Crippen LogP contribution in [0.5, 0.6) is 0 Å². The van der Waals surface area contributed by atoms with Gasteiger partial charge in [-0.3, -0.25) is 0 Å². The van der Waals surface area contributed by atoms with Crippen molar-refractivity contribution in [3.63, 3.8) is 0 Å². The molecule has 1 fully saturated rings. The summed E-state index contributed by atoms with van der Waals surface area (Å²) in [5, 5.41) is 10.4. The lowest BCUT2D eigenvalue weighted by Crippen LogP contribution is -2.63. The lowest BCUT2D eigenvalue weighted by molar-refractivity contribution is -0.298. The summed E-state index contributed by atoms with van der Waals surface area (Å²) in [6.07, 6.45) is 5.10. The number of esters is 3. The van der Waals surface area contributed by atoms with E-state index in [0.717, 1.165) is 25.7 Å². The summed E-state index contributed by atoms with van der Waals surface area (Å²) in [4.78, 5) is 40.1. The Labute approximate surface area is 283 Å². The van der Waals surface area contributed by atoms with Crippen molar-refractivity contribution in [1.82, 2.24) is 0 Å². The number of ether oxygens (including phenoxy) is 5. The summed E-state index contributed by atoms with van der Waals surface area (Å²) >= 11 is 0. The first-order chi connectivity index (χ1) is 23.5. The number of rotatable bonds is 19. The molecule has 1 aliphatic rings. The van der Waals surface area contributed by atoms with E-state index < -0.39 is 55.2 Å². The van der Waals surface area contributed by atoms with Gasteiger partial charge in [-0.15, -0.1) is 0 Å². The van der Waals surface area contributed by atoms with Gasteiger partial charge in [0.1, 0.15) is 6.10 Å². The molecule has 1 N–H and O–H groups in total. The van der Waals surface area contributed by atoms with Gasteiger partial charge in [-0.1, -0.05) is 119 Å². The van der Waals surface area contributed by atoms with Crippen LogP contribution in [0.25, 0.3) is 0 Å². The Morgan fingerprint density at radius 2 is 0.958 bits per heavy atom.